The maximum atomic E-state index is 12.9. The molecule has 118 valence electrons. The quantitative estimate of drug-likeness (QED) is 0.703. The summed E-state index contributed by atoms with van der Waals surface area (Å²) in [5.74, 6) is 0. The molecule has 0 amide bonds. The first-order valence-corrected chi connectivity index (χ1v) is 9.49. The second-order valence-corrected chi connectivity index (χ2v) is 7.88. The van der Waals surface area contributed by atoms with Gasteiger partial charge < -0.3 is 5.32 Å². The van der Waals surface area contributed by atoms with Crippen LogP contribution in [0.25, 0.3) is 0 Å². The third-order valence-electron chi connectivity index (χ3n) is 4.09. The molecule has 6 heteroatoms. The Bertz CT molecular complexity index is 383. The van der Waals surface area contributed by atoms with Crippen LogP contribution in [0.4, 0.5) is 0 Å². The molecule has 0 bridgehead atoms. The Balaban J connectivity index is 2.08. The van der Waals surface area contributed by atoms with Crippen molar-refractivity contribution in [3.63, 3.8) is 0 Å². The van der Waals surface area contributed by atoms with Crippen LogP contribution in [-0.2, 0) is 10.2 Å². The van der Waals surface area contributed by atoms with Crippen molar-refractivity contribution < 1.29 is 8.42 Å². The third kappa shape index (κ3) is 3.93. The van der Waals surface area contributed by atoms with Gasteiger partial charge in [-0.3, -0.25) is 0 Å². The largest absolute Gasteiger partial charge is 0.313 e. The van der Waals surface area contributed by atoms with Gasteiger partial charge in [-0.25, -0.2) is 0 Å². The summed E-state index contributed by atoms with van der Waals surface area (Å²) in [4.78, 5) is 0. The van der Waals surface area contributed by atoms with Crippen LogP contribution in [0.3, 0.4) is 0 Å². The molecule has 0 radical (unpaired) electrons. The molecule has 2 fully saturated rings. The summed E-state index contributed by atoms with van der Waals surface area (Å²) in [7, 11) is -3.29. The maximum Gasteiger partial charge on any atom is 0.282 e. The van der Waals surface area contributed by atoms with E-state index >= 15 is 0 Å². The minimum Gasteiger partial charge on any atom is -0.313 e. The van der Waals surface area contributed by atoms with E-state index in [-0.39, 0.29) is 6.04 Å². The fourth-order valence-corrected chi connectivity index (χ4v) is 4.99. The smallest absolute Gasteiger partial charge is 0.282 e. The average molecular weight is 303 g/mol. The first-order valence-electron chi connectivity index (χ1n) is 8.09. The van der Waals surface area contributed by atoms with Gasteiger partial charge in [0.1, 0.15) is 0 Å². The third-order valence-corrected chi connectivity index (χ3v) is 6.14. The Morgan fingerprint density at radius 3 is 2.20 bits per heavy atom. The van der Waals surface area contributed by atoms with Crippen molar-refractivity contribution in [1.82, 2.24) is 13.9 Å². The first-order chi connectivity index (χ1) is 9.59. The molecule has 5 nitrogen and oxygen atoms in total. The van der Waals surface area contributed by atoms with Crippen molar-refractivity contribution >= 4 is 10.2 Å². The van der Waals surface area contributed by atoms with E-state index in [9.17, 15) is 8.42 Å². The number of nitrogens with zero attached hydrogens (tertiary/aromatic N) is 2. The molecule has 1 N–H and O–H groups in total. The SMILES string of the molecule is CCCN(CCC)S(=O)(=O)N(CC1CCCN1)C1CC1. The highest BCUT2D eigenvalue weighted by molar-refractivity contribution is 7.86. The van der Waals surface area contributed by atoms with Crippen LogP contribution in [0, 0.1) is 0 Å². The zero-order valence-corrected chi connectivity index (χ0v) is 13.7. The topological polar surface area (TPSA) is 52.7 Å². The first kappa shape index (κ1) is 16.2. The molecule has 1 heterocycles. The van der Waals surface area contributed by atoms with E-state index in [1.807, 2.05) is 13.8 Å². The standard InChI is InChI=1S/C14H29N3O2S/c1-3-10-16(11-4-2)20(18,19)17(14-7-8-14)12-13-6-5-9-15-13/h13-15H,3-12H2,1-2H3. The van der Waals surface area contributed by atoms with E-state index in [0.29, 0.717) is 25.7 Å². The zero-order chi connectivity index (χ0) is 14.6. The molecule has 0 aromatic carbocycles. The Kier molecular flexibility index (Phi) is 5.84. The van der Waals surface area contributed by atoms with Gasteiger partial charge in [0, 0.05) is 31.7 Å². The highest BCUT2D eigenvalue weighted by atomic mass is 32.2. The van der Waals surface area contributed by atoms with E-state index in [1.165, 1.54) is 0 Å². The Morgan fingerprint density at radius 1 is 1.10 bits per heavy atom. The molecule has 0 aromatic heterocycles. The molecule has 1 aliphatic carbocycles. The van der Waals surface area contributed by atoms with E-state index < -0.39 is 10.2 Å². The second-order valence-electron chi connectivity index (χ2n) is 6.00. The maximum absolute atomic E-state index is 12.9. The summed E-state index contributed by atoms with van der Waals surface area (Å²) in [5, 5.41) is 3.42. The lowest BCUT2D eigenvalue weighted by atomic mass is 10.2. The van der Waals surface area contributed by atoms with Crippen LogP contribution < -0.4 is 5.32 Å². The summed E-state index contributed by atoms with van der Waals surface area (Å²) in [6, 6.07) is 0.592. The van der Waals surface area contributed by atoms with Gasteiger partial charge >= 0.3 is 0 Å². The van der Waals surface area contributed by atoms with E-state index in [4.69, 9.17) is 0 Å². The lowest BCUT2D eigenvalue weighted by Crippen LogP contribution is -2.49. The van der Waals surface area contributed by atoms with Gasteiger partial charge in [-0.15, -0.1) is 0 Å². The fourth-order valence-electron chi connectivity index (χ4n) is 2.91. The van der Waals surface area contributed by atoms with Crippen molar-refractivity contribution in [3.05, 3.63) is 0 Å². The molecule has 1 saturated heterocycles. The van der Waals surface area contributed by atoms with Crippen molar-refractivity contribution in [3.8, 4) is 0 Å². The number of hydrogen-bond acceptors (Lipinski definition) is 3. The highest BCUT2D eigenvalue weighted by Gasteiger charge is 2.41. The van der Waals surface area contributed by atoms with E-state index in [2.05, 4.69) is 5.32 Å². The summed E-state index contributed by atoms with van der Waals surface area (Å²) >= 11 is 0. The predicted octanol–water partition coefficient (Wildman–Crippen LogP) is 1.57. The lowest BCUT2D eigenvalue weighted by molar-refractivity contribution is 0.311. The van der Waals surface area contributed by atoms with Crippen LogP contribution in [0.15, 0.2) is 0 Å². The van der Waals surface area contributed by atoms with E-state index in [0.717, 1.165) is 45.1 Å². The lowest BCUT2D eigenvalue weighted by Gasteiger charge is -2.31. The van der Waals surface area contributed by atoms with Crippen LogP contribution in [0.2, 0.25) is 0 Å². The van der Waals surface area contributed by atoms with Crippen LogP contribution in [0.5, 0.6) is 0 Å². The zero-order valence-electron chi connectivity index (χ0n) is 12.8. The summed E-state index contributed by atoms with van der Waals surface area (Å²) in [6.45, 7) is 7.03. The molecular weight excluding hydrogens is 274 g/mol. The van der Waals surface area contributed by atoms with Crippen LogP contribution in [-0.4, -0.2) is 55.3 Å². The van der Waals surface area contributed by atoms with Crippen molar-refractivity contribution in [2.24, 2.45) is 0 Å². The summed E-state index contributed by atoms with van der Waals surface area (Å²) in [6.07, 6.45) is 6.06. The molecule has 0 aromatic rings. The number of hydrogen-bond donors (Lipinski definition) is 1. The van der Waals surface area contributed by atoms with Gasteiger partial charge in [-0.2, -0.15) is 17.0 Å². The minimum atomic E-state index is -3.29. The molecule has 1 atom stereocenters. The van der Waals surface area contributed by atoms with Crippen LogP contribution >= 0.6 is 0 Å². The Morgan fingerprint density at radius 2 is 1.75 bits per heavy atom. The molecule has 0 spiro atoms. The monoisotopic (exact) mass is 303 g/mol. The molecular formula is C14H29N3O2S. The van der Waals surface area contributed by atoms with Gasteiger partial charge in [-0.1, -0.05) is 13.8 Å². The molecule has 1 unspecified atom stereocenters. The highest BCUT2D eigenvalue weighted by Crippen LogP contribution is 2.31. The molecule has 2 rings (SSSR count). The predicted molar refractivity (Wildman–Crippen MR) is 81.8 cm³/mol. The van der Waals surface area contributed by atoms with Crippen molar-refractivity contribution in [2.75, 3.05) is 26.2 Å². The van der Waals surface area contributed by atoms with Crippen molar-refractivity contribution in [1.29, 1.82) is 0 Å². The Hall–Kier alpha value is -0.170. The van der Waals surface area contributed by atoms with Gasteiger partial charge in [0.2, 0.25) is 0 Å². The molecule has 20 heavy (non-hydrogen) atoms. The van der Waals surface area contributed by atoms with Crippen molar-refractivity contribution in [2.45, 2.75) is 64.5 Å². The number of rotatable bonds is 9. The van der Waals surface area contributed by atoms with E-state index in [1.54, 1.807) is 8.61 Å². The molecule has 2 aliphatic rings. The normalized spacial score (nSPS) is 23.9. The number of nitrogens with one attached hydrogen (secondary N) is 1. The molecule has 1 saturated carbocycles. The summed E-state index contributed by atoms with van der Waals surface area (Å²) in [5.41, 5.74) is 0. The van der Waals surface area contributed by atoms with Crippen LogP contribution in [0.1, 0.15) is 52.4 Å². The van der Waals surface area contributed by atoms with Gasteiger partial charge in [0.15, 0.2) is 0 Å². The summed E-state index contributed by atoms with van der Waals surface area (Å²) < 4.78 is 29.3. The average Bonchev–Trinajstić information content (AvgIpc) is 3.12. The minimum absolute atomic E-state index is 0.249. The second kappa shape index (κ2) is 7.20. The van der Waals surface area contributed by atoms with Gasteiger partial charge in [0.05, 0.1) is 0 Å². The molecule has 1 aliphatic heterocycles. The fraction of sp³-hybridized carbons (Fsp3) is 1.00. The van der Waals surface area contributed by atoms with Gasteiger partial charge in [0.25, 0.3) is 10.2 Å². The van der Waals surface area contributed by atoms with Gasteiger partial charge in [-0.05, 0) is 45.1 Å². The Labute approximate surface area is 123 Å².